The SMILES string of the molecule is Cc1cc(C)cc(C2C(=O)Oc3c2cc(C(C)(C)C)cc3C(C)(C)C)c1.Cc1cc(C)cc(C2C(=O)Oc3c2cc(C(C)(C)C)cc3C(C)(C)C)c1.O. The maximum atomic E-state index is 12.9. The number of esters is 2. The summed E-state index contributed by atoms with van der Waals surface area (Å²) < 4.78 is 11.7. The summed E-state index contributed by atoms with van der Waals surface area (Å²) in [6.45, 7) is 34.6. The van der Waals surface area contributed by atoms with Crippen LogP contribution in [0.5, 0.6) is 11.5 Å². The van der Waals surface area contributed by atoms with Crippen LogP contribution in [-0.2, 0) is 31.2 Å². The Hall–Kier alpha value is -4.22. The van der Waals surface area contributed by atoms with Gasteiger partial charge in [-0.25, -0.2) is 0 Å². The molecule has 5 heteroatoms. The number of carbonyl (C=O) groups is 2. The third-order valence-electron chi connectivity index (χ3n) is 10.2. The molecule has 0 amide bonds. The van der Waals surface area contributed by atoms with Crippen molar-refractivity contribution in [3.8, 4) is 11.5 Å². The molecule has 0 spiro atoms. The van der Waals surface area contributed by atoms with Gasteiger partial charge in [0.1, 0.15) is 23.3 Å². The highest BCUT2D eigenvalue weighted by Crippen LogP contribution is 2.49. The Balaban J connectivity index is 0.000000232. The van der Waals surface area contributed by atoms with Crippen LogP contribution in [0.4, 0.5) is 0 Å². The van der Waals surface area contributed by atoms with E-state index in [0.29, 0.717) is 0 Å². The fourth-order valence-electron chi connectivity index (χ4n) is 7.50. The molecule has 2 atom stereocenters. The molecule has 284 valence electrons. The van der Waals surface area contributed by atoms with Crippen molar-refractivity contribution in [3.05, 3.63) is 127 Å². The lowest BCUT2D eigenvalue weighted by molar-refractivity contribution is -0.134. The van der Waals surface area contributed by atoms with Crippen LogP contribution in [0.2, 0.25) is 0 Å². The summed E-state index contributed by atoms with van der Waals surface area (Å²) in [5, 5.41) is 0. The number of carbonyl (C=O) groups excluding carboxylic acids is 2. The van der Waals surface area contributed by atoms with Gasteiger partial charge < -0.3 is 14.9 Å². The standard InChI is InChI=1S/2C24H30O2.H2O/c2*1-14-9-15(2)11-16(10-14)20-18-12-17(23(3,4)5)13-19(24(6,7)8)21(18)26-22(20)25;/h2*9-13,20H,1-8H3;1H2. The lowest BCUT2D eigenvalue weighted by Gasteiger charge is -2.27. The highest BCUT2D eigenvalue weighted by molar-refractivity contribution is 5.91. The summed E-state index contributed by atoms with van der Waals surface area (Å²) in [6.07, 6.45) is 0. The lowest BCUT2D eigenvalue weighted by Crippen LogP contribution is -2.17. The molecule has 2 unspecified atom stereocenters. The summed E-state index contributed by atoms with van der Waals surface area (Å²) >= 11 is 0. The Morgan fingerprint density at radius 1 is 0.415 bits per heavy atom. The summed E-state index contributed by atoms with van der Waals surface area (Å²) in [5.41, 5.74) is 13.3. The first-order valence-electron chi connectivity index (χ1n) is 18.7. The molecule has 4 aromatic rings. The Kier molecular flexibility index (Phi) is 11.1. The second kappa shape index (κ2) is 14.2. The van der Waals surface area contributed by atoms with E-state index < -0.39 is 0 Å². The molecule has 2 N–H and O–H groups in total. The van der Waals surface area contributed by atoms with Crippen LogP contribution >= 0.6 is 0 Å². The van der Waals surface area contributed by atoms with Gasteiger partial charge in [-0.3, -0.25) is 9.59 Å². The number of hydrogen-bond acceptors (Lipinski definition) is 4. The lowest BCUT2D eigenvalue weighted by atomic mass is 9.77. The number of rotatable bonds is 2. The van der Waals surface area contributed by atoms with E-state index in [4.69, 9.17) is 9.47 Å². The van der Waals surface area contributed by atoms with E-state index in [0.717, 1.165) is 44.9 Å². The first kappa shape index (κ1) is 41.5. The minimum atomic E-state index is -0.341. The first-order valence-corrected chi connectivity index (χ1v) is 18.7. The average Bonchev–Trinajstić information content (AvgIpc) is 3.48. The van der Waals surface area contributed by atoms with Crippen molar-refractivity contribution in [2.75, 3.05) is 0 Å². The minimum Gasteiger partial charge on any atom is -0.425 e. The summed E-state index contributed by atoms with van der Waals surface area (Å²) in [4.78, 5) is 25.7. The predicted molar refractivity (Wildman–Crippen MR) is 218 cm³/mol. The highest BCUT2D eigenvalue weighted by Gasteiger charge is 2.41. The molecule has 2 aliphatic rings. The maximum absolute atomic E-state index is 12.9. The quantitative estimate of drug-likeness (QED) is 0.153. The zero-order chi connectivity index (χ0) is 38.9. The molecule has 53 heavy (non-hydrogen) atoms. The smallest absolute Gasteiger partial charge is 0.323 e. The van der Waals surface area contributed by atoms with Gasteiger partial charge in [-0.2, -0.15) is 0 Å². The van der Waals surface area contributed by atoms with Crippen LogP contribution in [0.3, 0.4) is 0 Å². The molecule has 0 saturated carbocycles. The molecule has 0 aromatic heterocycles. The van der Waals surface area contributed by atoms with E-state index in [1.165, 1.54) is 33.4 Å². The zero-order valence-corrected chi connectivity index (χ0v) is 35.1. The van der Waals surface area contributed by atoms with Crippen LogP contribution in [0, 0.1) is 27.7 Å². The van der Waals surface area contributed by atoms with Gasteiger partial charge in [-0.1, -0.05) is 166 Å². The number of aryl methyl sites for hydroxylation is 4. The van der Waals surface area contributed by atoms with E-state index in [1.54, 1.807) is 0 Å². The van der Waals surface area contributed by atoms with Crippen LogP contribution in [0.1, 0.15) is 162 Å². The second-order valence-corrected chi connectivity index (χ2v) is 19.4. The summed E-state index contributed by atoms with van der Waals surface area (Å²) in [7, 11) is 0. The van der Waals surface area contributed by atoms with Gasteiger partial charge in [0.05, 0.1) is 0 Å². The number of hydrogen-bond donors (Lipinski definition) is 0. The highest BCUT2D eigenvalue weighted by atomic mass is 16.5. The van der Waals surface area contributed by atoms with Crippen molar-refractivity contribution < 1.29 is 24.5 Å². The van der Waals surface area contributed by atoms with Gasteiger partial charge in [-0.15, -0.1) is 0 Å². The Morgan fingerprint density at radius 3 is 0.943 bits per heavy atom. The number of ether oxygens (including phenoxy) is 2. The largest absolute Gasteiger partial charge is 0.425 e. The third kappa shape index (κ3) is 8.62. The Bertz CT molecular complexity index is 1860. The Morgan fingerprint density at radius 2 is 0.698 bits per heavy atom. The van der Waals surface area contributed by atoms with E-state index in [9.17, 15) is 9.59 Å². The molecule has 5 nitrogen and oxygen atoms in total. The van der Waals surface area contributed by atoms with Gasteiger partial charge in [0.15, 0.2) is 0 Å². The van der Waals surface area contributed by atoms with Crippen LogP contribution in [0.25, 0.3) is 0 Å². The van der Waals surface area contributed by atoms with Crippen LogP contribution in [-0.4, -0.2) is 17.4 Å². The van der Waals surface area contributed by atoms with Gasteiger partial charge in [0.2, 0.25) is 0 Å². The number of benzene rings is 4. The molecular formula is C48H62O5. The van der Waals surface area contributed by atoms with Crippen LogP contribution < -0.4 is 9.47 Å². The predicted octanol–water partition coefficient (Wildman–Crippen LogP) is 11.1. The molecule has 0 saturated heterocycles. The molecular weight excluding hydrogens is 657 g/mol. The van der Waals surface area contributed by atoms with Crippen molar-refractivity contribution in [3.63, 3.8) is 0 Å². The van der Waals surface area contributed by atoms with Gasteiger partial charge >= 0.3 is 11.9 Å². The zero-order valence-electron chi connectivity index (χ0n) is 35.1. The molecule has 0 radical (unpaired) electrons. The third-order valence-corrected chi connectivity index (χ3v) is 10.2. The van der Waals surface area contributed by atoms with Crippen molar-refractivity contribution in [2.45, 2.75) is 144 Å². The first-order chi connectivity index (χ1) is 23.8. The van der Waals surface area contributed by atoms with E-state index >= 15 is 0 Å². The van der Waals surface area contributed by atoms with Crippen molar-refractivity contribution in [1.29, 1.82) is 0 Å². The maximum Gasteiger partial charge on any atom is 0.323 e. The van der Waals surface area contributed by atoms with Crippen molar-refractivity contribution >= 4 is 11.9 Å². The second-order valence-electron chi connectivity index (χ2n) is 19.4. The number of fused-ring (bicyclic) bond motifs is 2. The van der Waals surface area contributed by atoms with E-state index in [2.05, 4.69) is 171 Å². The normalized spacial score (nSPS) is 16.9. The van der Waals surface area contributed by atoms with E-state index in [1.807, 2.05) is 0 Å². The molecule has 4 aromatic carbocycles. The van der Waals surface area contributed by atoms with Gasteiger partial charge in [-0.05, 0) is 71.6 Å². The topological polar surface area (TPSA) is 84.1 Å². The minimum absolute atomic E-state index is 0. The average molecular weight is 719 g/mol. The van der Waals surface area contributed by atoms with Crippen molar-refractivity contribution in [1.82, 2.24) is 0 Å². The molecule has 0 bridgehead atoms. The monoisotopic (exact) mass is 718 g/mol. The Labute approximate surface area is 318 Å². The summed E-state index contributed by atoms with van der Waals surface area (Å²) in [5.74, 6) is 0.515. The molecule has 0 fully saturated rings. The fraction of sp³-hybridized carbons (Fsp3) is 0.458. The van der Waals surface area contributed by atoms with Gasteiger partial charge in [0, 0.05) is 22.3 Å². The van der Waals surface area contributed by atoms with Crippen molar-refractivity contribution in [2.24, 2.45) is 0 Å². The molecule has 6 rings (SSSR count). The fourth-order valence-corrected chi connectivity index (χ4v) is 7.50. The molecule has 2 aliphatic heterocycles. The molecule has 2 heterocycles. The summed E-state index contributed by atoms with van der Waals surface area (Å²) in [6, 6.07) is 21.5. The van der Waals surface area contributed by atoms with E-state index in [-0.39, 0.29) is 50.9 Å². The van der Waals surface area contributed by atoms with Crippen LogP contribution in [0.15, 0.2) is 60.7 Å². The van der Waals surface area contributed by atoms with Gasteiger partial charge in [0.25, 0.3) is 0 Å². The molecule has 0 aliphatic carbocycles.